The topological polar surface area (TPSA) is 121 Å². The summed E-state index contributed by atoms with van der Waals surface area (Å²) < 4.78 is 4.65. The molecule has 1 saturated heterocycles. The van der Waals surface area contributed by atoms with Gasteiger partial charge in [-0.3, -0.25) is 21.3 Å². The Morgan fingerprint density at radius 2 is 2.27 bits per heavy atom. The number of amides is 1. The Balaban J connectivity index is 2.27. The summed E-state index contributed by atoms with van der Waals surface area (Å²) in [5.74, 6) is -0.512. The molecule has 7 heteroatoms. The standard InChI is InChI=1S/C8H14N4O3/c9-8(10)11-3-1-2-5-7(14)15-4-6(13)12-5/h5H,1-4H2,(H,12,13)(H4,9,10,11)/p+1. The van der Waals surface area contributed by atoms with E-state index in [0.717, 1.165) is 0 Å². The Kier molecular flexibility index (Phi) is 3.90. The van der Waals surface area contributed by atoms with Crippen molar-refractivity contribution in [3.63, 3.8) is 0 Å². The molecule has 0 bridgehead atoms. The summed E-state index contributed by atoms with van der Waals surface area (Å²) in [4.78, 5) is 24.8. The highest BCUT2D eigenvalue weighted by Crippen LogP contribution is 2.02. The number of guanidine groups is 1. The van der Waals surface area contributed by atoms with Crippen molar-refractivity contribution in [2.75, 3.05) is 13.2 Å². The van der Waals surface area contributed by atoms with E-state index in [-0.39, 0.29) is 24.4 Å². The molecule has 84 valence electrons. The van der Waals surface area contributed by atoms with Gasteiger partial charge in [-0.15, -0.1) is 0 Å². The molecule has 0 saturated carbocycles. The second-order valence-electron chi connectivity index (χ2n) is 3.25. The number of ether oxygens (including phenoxy) is 1. The van der Waals surface area contributed by atoms with Gasteiger partial charge >= 0.3 is 11.9 Å². The largest absolute Gasteiger partial charge is 0.454 e. The molecule has 1 aliphatic heterocycles. The average molecular weight is 215 g/mol. The molecule has 1 fully saturated rings. The van der Waals surface area contributed by atoms with Crippen molar-refractivity contribution in [2.24, 2.45) is 11.5 Å². The second kappa shape index (κ2) is 5.18. The lowest BCUT2D eigenvalue weighted by Gasteiger charge is -2.21. The lowest BCUT2D eigenvalue weighted by molar-refractivity contribution is -0.459. The Hall–Kier alpha value is -1.79. The summed E-state index contributed by atoms with van der Waals surface area (Å²) >= 11 is 0. The normalized spacial score (nSPS) is 20.4. The predicted molar refractivity (Wildman–Crippen MR) is 51.3 cm³/mol. The molecule has 6 N–H and O–H groups in total. The number of rotatable bonds is 4. The highest BCUT2D eigenvalue weighted by molar-refractivity contribution is 5.90. The number of hydrogen-bond donors (Lipinski definition) is 4. The number of morpholine rings is 1. The molecular formula is C8H15N4O3+. The van der Waals surface area contributed by atoms with Crippen molar-refractivity contribution in [1.29, 1.82) is 0 Å². The summed E-state index contributed by atoms with van der Waals surface area (Å²) in [7, 11) is 0. The molecule has 0 aromatic rings. The number of hydrogen-bond acceptors (Lipinski definition) is 3. The van der Waals surface area contributed by atoms with Crippen molar-refractivity contribution in [3.05, 3.63) is 0 Å². The third-order valence-corrected chi connectivity index (χ3v) is 1.96. The first-order valence-corrected chi connectivity index (χ1v) is 4.67. The van der Waals surface area contributed by atoms with Gasteiger partial charge in [-0.05, 0) is 12.8 Å². The van der Waals surface area contributed by atoms with Gasteiger partial charge in [0.2, 0.25) is 0 Å². The van der Waals surface area contributed by atoms with E-state index in [1.165, 1.54) is 0 Å². The molecule has 1 aliphatic rings. The maximum absolute atomic E-state index is 11.2. The fraction of sp³-hybridized carbons (Fsp3) is 0.625. The zero-order valence-corrected chi connectivity index (χ0v) is 8.29. The third-order valence-electron chi connectivity index (χ3n) is 1.96. The van der Waals surface area contributed by atoms with Crippen LogP contribution in [0.3, 0.4) is 0 Å². The molecule has 0 aliphatic carbocycles. The molecule has 1 rings (SSSR count). The smallest absolute Gasteiger partial charge is 0.338 e. The van der Waals surface area contributed by atoms with Crippen LogP contribution in [0.2, 0.25) is 0 Å². The number of cyclic esters (lactones) is 1. The van der Waals surface area contributed by atoms with Crippen LogP contribution in [0, 0.1) is 0 Å². The van der Waals surface area contributed by atoms with E-state index < -0.39 is 6.04 Å². The van der Waals surface area contributed by atoms with Crippen LogP contribution in [-0.4, -0.2) is 37.0 Å². The molecule has 1 atom stereocenters. The Bertz CT molecular complexity index is 286. The number of nitrogens with one attached hydrogen (secondary N) is 2. The van der Waals surface area contributed by atoms with Gasteiger partial charge in [0, 0.05) is 0 Å². The highest BCUT2D eigenvalue weighted by Gasteiger charge is 2.27. The summed E-state index contributed by atoms with van der Waals surface area (Å²) in [5, 5.41) is 2.54. The molecular weight excluding hydrogens is 200 g/mol. The van der Waals surface area contributed by atoms with Crippen LogP contribution in [0.25, 0.3) is 0 Å². The zero-order valence-electron chi connectivity index (χ0n) is 8.29. The maximum Gasteiger partial charge on any atom is 0.338 e. The van der Waals surface area contributed by atoms with Crippen LogP contribution in [-0.2, 0) is 14.3 Å². The van der Waals surface area contributed by atoms with Gasteiger partial charge < -0.3 is 10.1 Å². The van der Waals surface area contributed by atoms with Crippen molar-refractivity contribution in [3.8, 4) is 0 Å². The van der Waals surface area contributed by atoms with Crippen LogP contribution in [0.1, 0.15) is 12.8 Å². The summed E-state index contributed by atoms with van der Waals surface area (Å²) in [5.41, 5.74) is 10.4. The molecule has 0 radical (unpaired) electrons. The predicted octanol–water partition coefficient (Wildman–Crippen LogP) is -3.84. The molecule has 1 amide bonds. The van der Waals surface area contributed by atoms with Crippen molar-refractivity contribution in [1.82, 2.24) is 5.32 Å². The molecule has 15 heavy (non-hydrogen) atoms. The number of carbonyl (C=O) groups excluding carboxylic acids is 2. The van der Waals surface area contributed by atoms with E-state index in [4.69, 9.17) is 11.5 Å². The lowest BCUT2D eigenvalue weighted by atomic mass is 10.1. The molecule has 7 nitrogen and oxygen atoms in total. The summed E-state index contributed by atoms with van der Waals surface area (Å²) in [6, 6.07) is -0.549. The minimum atomic E-state index is -0.549. The first kappa shape index (κ1) is 11.3. The third kappa shape index (κ3) is 3.84. The Morgan fingerprint density at radius 3 is 2.93 bits per heavy atom. The first-order chi connectivity index (χ1) is 7.09. The Labute approximate surface area is 86.8 Å². The zero-order chi connectivity index (χ0) is 11.3. The van der Waals surface area contributed by atoms with Crippen LogP contribution < -0.4 is 21.8 Å². The van der Waals surface area contributed by atoms with E-state index in [0.29, 0.717) is 19.4 Å². The van der Waals surface area contributed by atoms with Crippen LogP contribution in [0.15, 0.2) is 0 Å². The number of carbonyl (C=O) groups is 2. The van der Waals surface area contributed by atoms with Gasteiger partial charge in [-0.25, -0.2) is 4.79 Å². The van der Waals surface area contributed by atoms with Crippen molar-refractivity contribution < 1.29 is 19.3 Å². The van der Waals surface area contributed by atoms with Gasteiger partial charge in [-0.2, -0.15) is 0 Å². The molecule has 1 heterocycles. The fourth-order valence-corrected chi connectivity index (χ4v) is 1.26. The minimum Gasteiger partial charge on any atom is -0.454 e. The number of nitrogens with two attached hydrogens (primary N) is 2. The van der Waals surface area contributed by atoms with Crippen molar-refractivity contribution in [2.45, 2.75) is 18.9 Å². The van der Waals surface area contributed by atoms with E-state index in [2.05, 4.69) is 15.0 Å². The quantitative estimate of drug-likeness (QED) is 0.166. The maximum atomic E-state index is 11.2. The molecule has 0 aromatic carbocycles. The van der Waals surface area contributed by atoms with Gasteiger partial charge in [0.15, 0.2) is 6.61 Å². The molecule has 1 unspecified atom stereocenters. The van der Waals surface area contributed by atoms with E-state index in [1.54, 1.807) is 0 Å². The molecule has 0 aromatic heterocycles. The van der Waals surface area contributed by atoms with Gasteiger partial charge in [0.25, 0.3) is 5.91 Å². The second-order valence-corrected chi connectivity index (χ2v) is 3.25. The van der Waals surface area contributed by atoms with E-state index >= 15 is 0 Å². The van der Waals surface area contributed by atoms with Gasteiger partial charge in [0.1, 0.15) is 6.04 Å². The number of esters is 1. The average Bonchev–Trinajstić information content (AvgIpc) is 2.17. The van der Waals surface area contributed by atoms with Crippen LogP contribution >= 0.6 is 0 Å². The van der Waals surface area contributed by atoms with E-state index in [1.807, 2.05) is 0 Å². The summed E-state index contributed by atoms with van der Waals surface area (Å²) in [6.07, 6.45) is 1.17. The van der Waals surface area contributed by atoms with Crippen LogP contribution in [0.4, 0.5) is 0 Å². The fourth-order valence-electron chi connectivity index (χ4n) is 1.26. The van der Waals surface area contributed by atoms with Gasteiger partial charge in [0.05, 0.1) is 6.54 Å². The molecule has 0 spiro atoms. The highest BCUT2D eigenvalue weighted by atomic mass is 16.5. The van der Waals surface area contributed by atoms with Crippen LogP contribution in [0.5, 0.6) is 0 Å². The summed E-state index contributed by atoms with van der Waals surface area (Å²) in [6.45, 7) is 0.374. The minimum absolute atomic E-state index is 0.144. The SMILES string of the molecule is NC(N)=[NH+]CCCC1NC(=O)COC1=O. The first-order valence-electron chi connectivity index (χ1n) is 4.67. The monoisotopic (exact) mass is 215 g/mol. The van der Waals surface area contributed by atoms with Gasteiger partial charge in [-0.1, -0.05) is 0 Å². The van der Waals surface area contributed by atoms with E-state index in [9.17, 15) is 9.59 Å². The lowest BCUT2D eigenvalue weighted by Crippen LogP contribution is -2.78. The van der Waals surface area contributed by atoms with Crippen molar-refractivity contribution >= 4 is 17.8 Å². The Morgan fingerprint density at radius 1 is 1.53 bits per heavy atom.